The Kier molecular flexibility index (Phi) is 2.05. The molecule has 0 fully saturated rings. The summed E-state index contributed by atoms with van der Waals surface area (Å²) in [6, 6.07) is 0. The molecule has 0 bridgehead atoms. The molecule has 1 aliphatic heterocycles. The number of aliphatic hydroxyl groups is 1. The fourth-order valence-corrected chi connectivity index (χ4v) is 1.02. The van der Waals surface area contributed by atoms with Crippen molar-refractivity contribution >= 4 is 5.84 Å². The molecule has 52 valence electrons. The van der Waals surface area contributed by atoms with Gasteiger partial charge in [0.2, 0.25) is 5.84 Å². The minimum atomic E-state index is 0.243. The highest BCUT2D eigenvalue weighted by Crippen LogP contribution is 1.87. The van der Waals surface area contributed by atoms with Crippen molar-refractivity contribution in [2.24, 2.45) is 0 Å². The lowest BCUT2D eigenvalue weighted by Crippen LogP contribution is -2.22. The second-order valence-electron chi connectivity index (χ2n) is 2.27. The standard InChI is InChI=1S/C6H12N2O/c1-8-4-3-7-6(8)2-5-9/h9H,2-5H2,1H3/p+1. The Balaban J connectivity index is 2.45. The molecule has 0 radical (unpaired) electrons. The molecule has 1 aliphatic rings. The van der Waals surface area contributed by atoms with Gasteiger partial charge in [-0.3, -0.25) is 9.89 Å². The highest BCUT2D eigenvalue weighted by molar-refractivity contribution is 5.78. The Hall–Kier alpha value is -0.570. The van der Waals surface area contributed by atoms with Gasteiger partial charge in [-0.2, -0.15) is 0 Å². The van der Waals surface area contributed by atoms with Gasteiger partial charge in [0.25, 0.3) is 0 Å². The van der Waals surface area contributed by atoms with Crippen molar-refractivity contribution < 1.29 is 9.68 Å². The molecule has 1 rings (SSSR count). The Morgan fingerprint density at radius 1 is 1.78 bits per heavy atom. The first kappa shape index (κ1) is 6.55. The van der Waals surface area contributed by atoms with Gasteiger partial charge in [0.05, 0.1) is 20.1 Å². The molecule has 0 spiro atoms. The molecule has 2 N–H and O–H groups in total. The second kappa shape index (κ2) is 2.82. The van der Waals surface area contributed by atoms with Gasteiger partial charge in [0.15, 0.2) is 0 Å². The maximum Gasteiger partial charge on any atom is 0.247 e. The van der Waals surface area contributed by atoms with E-state index in [4.69, 9.17) is 5.11 Å². The largest absolute Gasteiger partial charge is 0.396 e. The van der Waals surface area contributed by atoms with E-state index in [1.807, 2.05) is 7.05 Å². The van der Waals surface area contributed by atoms with Gasteiger partial charge in [-0.05, 0) is 0 Å². The first-order chi connectivity index (χ1) is 4.34. The minimum absolute atomic E-state index is 0.243. The van der Waals surface area contributed by atoms with Gasteiger partial charge in [-0.25, -0.2) is 0 Å². The maximum atomic E-state index is 8.56. The zero-order valence-electron chi connectivity index (χ0n) is 5.72. The Morgan fingerprint density at radius 3 is 3.00 bits per heavy atom. The van der Waals surface area contributed by atoms with E-state index in [2.05, 4.69) is 9.89 Å². The third-order valence-corrected chi connectivity index (χ3v) is 1.59. The number of amidine groups is 1. The van der Waals surface area contributed by atoms with Gasteiger partial charge in [0.1, 0.15) is 13.1 Å². The summed E-state index contributed by atoms with van der Waals surface area (Å²) < 4.78 is 2.14. The summed E-state index contributed by atoms with van der Waals surface area (Å²) in [4.78, 5) is 0. The molecule has 1 heterocycles. The lowest BCUT2D eigenvalue weighted by molar-refractivity contribution is -0.487. The average Bonchev–Trinajstić information content (AvgIpc) is 2.18. The van der Waals surface area contributed by atoms with Crippen LogP contribution in [0.3, 0.4) is 0 Å². The summed E-state index contributed by atoms with van der Waals surface area (Å²) in [5.74, 6) is 1.16. The summed E-state index contributed by atoms with van der Waals surface area (Å²) >= 11 is 0. The fraction of sp³-hybridized carbons (Fsp3) is 0.833. The molecular weight excluding hydrogens is 116 g/mol. The third kappa shape index (κ3) is 1.42. The normalized spacial score (nSPS) is 18.4. The molecular formula is C6H13N2O+. The molecule has 3 nitrogen and oxygen atoms in total. The minimum Gasteiger partial charge on any atom is -0.396 e. The predicted molar refractivity (Wildman–Crippen MR) is 35.8 cm³/mol. The number of hydrogen-bond donors (Lipinski definition) is 2. The Bertz CT molecular complexity index is 131. The highest BCUT2D eigenvalue weighted by atomic mass is 16.3. The average molecular weight is 129 g/mol. The molecule has 0 saturated heterocycles. The van der Waals surface area contributed by atoms with Crippen molar-refractivity contribution in [1.29, 1.82) is 0 Å². The van der Waals surface area contributed by atoms with Crippen LogP contribution in [-0.2, 0) is 0 Å². The molecule has 0 atom stereocenters. The summed E-state index contributed by atoms with van der Waals surface area (Å²) in [7, 11) is 2.03. The molecule has 0 aromatic heterocycles. The summed E-state index contributed by atoms with van der Waals surface area (Å²) in [6.45, 7) is 2.33. The molecule has 3 heteroatoms. The van der Waals surface area contributed by atoms with E-state index >= 15 is 0 Å². The maximum absolute atomic E-state index is 8.56. The van der Waals surface area contributed by atoms with Crippen LogP contribution >= 0.6 is 0 Å². The number of hydrogen-bond acceptors (Lipinski definition) is 2. The van der Waals surface area contributed by atoms with E-state index in [0.29, 0.717) is 0 Å². The van der Waals surface area contributed by atoms with E-state index in [-0.39, 0.29) is 6.61 Å². The quantitative estimate of drug-likeness (QED) is 0.470. The number of rotatable bonds is 2. The molecule has 0 saturated carbocycles. The van der Waals surface area contributed by atoms with E-state index in [1.165, 1.54) is 0 Å². The molecule has 0 amide bonds. The van der Waals surface area contributed by atoms with E-state index in [9.17, 15) is 0 Å². The van der Waals surface area contributed by atoms with Crippen molar-refractivity contribution in [3.63, 3.8) is 0 Å². The van der Waals surface area contributed by atoms with Gasteiger partial charge >= 0.3 is 0 Å². The summed E-state index contributed by atoms with van der Waals surface area (Å²) in [5.41, 5.74) is 0. The van der Waals surface area contributed by atoms with Crippen LogP contribution in [0, 0.1) is 0 Å². The SMILES string of the molecule is C[N+]1=C(CCO)NCC1. The molecule has 9 heavy (non-hydrogen) atoms. The topological polar surface area (TPSA) is 35.3 Å². The number of nitrogens with one attached hydrogen (secondary N) is 1. The number of aliphatic hydroxyl groups excluding tert-OH is 1. The van der Waals surface area contributed by atoms with Crippen LogP contribution in [0.25, 0.3) is 0 Å². The van der Waals surface area contributed by atoms with Crippen molar-refractivity contribution in [3.05, 3.63) is 0 Å². The van der Waals surface area contributed by atoms with E-state index in [0.717, 1.165) is 25.3 Å². The van der Waals surface area contributed by atoms with E-state index in [1.54, 1.807) is 0 Å². The number of nitrogens with zero attached hydrogens (tertiary/aromatic N) is 1. The van der Waals surface area contributed by atoms with Crippen LogP contribution in [0.2, 0.25) is 0 Å². The van der Waals surface area contributed by atoms with Crippen molar-refractivity contribution in [3.8, 4) is 0 Å². The summed E-state index contributed by atoms with van der Waals surface area (Å²) in [5, 5.41) is 11.7. The van der Waals surface area contributed by atoms with Crippen LogP contribution in [0.1, 0.15) is 6.42 Å². The highest BCUT2D eigenvalue weighted by Gasteiger charge is 2.15. The first-order valence-corrected chi connectivity index (χ1v) is 3.26. The Morgan fingerprint density at radius 2 is 2.56 bits per heavy atom. The zero-order chi connectivity index (χ0) is 6.69. The monoisotopic (exact) mass is 129 g/mol. The lowest BCUT2D eigenvalue weighted by atomic mass is 10.4. The fourth-order valence-electron chi connectivity index (χ4n) is 1.02. The molecule has 0 aliphatic carbocycles. The van der Waals surface area contributed by atoms with Crippen molar-refractivity contribution in [2.75, 3.05) is 26.7 Å². The lowest BCUT2D eigenvalue weighted by Gasteiger charge is -1.92. The number of likely N-dealkylation sites (N-methyl/N-ethyl adjacent to an activating group) is 1. The van der Waals surface area contributed by atoms with Crippen LogP contribution in [-0.4, -0.2) is 42.3 Å². The van der Waals surface area contributed by atoms with Crippen LogP contribution in [0.5, 0.6) is 0 Å². The van der Waals surface area contributed by atoms with Crippen molar-refractivity contribution in [2.45, 2.75) is 6.42 Å². The van der Waals surface area contributed by atoms with Gasteiger partial charge in [-0.1, -0.05) is 0 Å². The predicted octanol–water partition coefficient (Wildman–Crippen LogP) is -0.987. The summed E-state index contributed by atoms with van der Waals surface area (Å²) in [6.07, 6.45) is 0.760. The third-order valence-electron chi connectivity index (χ3n) is 1.59. The smallest absolute Gasteiger partial charge is 0.247 e. The van der Waals surface area contributed by atoms with Crippen LogP contribution < -0.4 is 5.32 Å². The molecule has 0 unspecified atom stereocenters. The van der Waals surface area contributed by atoms with Crippen LogP contribution in [0.4, 0.5) is 0 Å². The van der Waals surface area contributed by atoms with Crippen LogP contribution in [0.15, 0.2) is 0 Å². The van der Waals surface area contributed by atoms with Gasteiger partial charge in [-0.15, -0.1) is 0 Å². The van der Waals surface area contributed by atoms with E-state index < -0.39 is 0 Å². The van der Waals surface area contributed by atoms with Gasteiger partial charge < -0.3 is 5.11 Å². The Labute approximate surface area is 55.0 Å². The van der Waals surface area contributed by atoms with Gasteiger partial charge in [0, 0.05) is 0 Å². The molecule has 0 aromatic rings. The second-order valence-corrected chi connectivity index (χ2v) is 2.27. The first-order valence-electron chi connectivity index (χ1n) is 3.26. The van der Waals surface area contributed by atoms with Crippen molar-refractivity contribution in [1.82, 2.24) is 5.32 Å². The molecule has 0 aromatic carbocycles. The zero-order valence-corrected chi connectivity index (χ0v) is 5.72.